The van der Waals surface area contributed by atoms with Crippen LogP contribution in [0.1, 0.15) is 32.3 Å². The number of para-hydroxylation sites is 1. The number of hydrogen-bond donors (Lipinski definition) is 2. The lowest BCUT2D eigenvalue weighted by atomic mass is 9.93. The number of rotatable bonds is 6. The number of hydrogen-bond acceptors (Lipinski definition) is 3. The molecule has 4 nitrogen and oxygen atoms in total. The van der Waals surface area contributed by atoms with Gasteiger partial charge in [-0.05, 0) is 42.9 Å². The Balaban J connectivity index is 1.83. The molecule has 0 aliphatic carbocycles. The predicted molar refractivity (Wildman–Crippen MR) is 89.1 cm³/mol. The summed E-state index contributed by atoms with van der Waals surface area (Å²) in [4.78, 5) is 12.2. The maximum Gasteiger partial charge on any atom is 0.220 e. The molecule has 1 amide bonds. The number of amides is 1. The van der Waals surface area contributed by atoms with Crippen LogP contribution in [0.2, 0.25) is 0 Å². The number of carbonyl (C=O) groups excluding carboxylic acids is 1. The third kappa shape index (κ3) is 4.73. The molecular weight excluding hydrogens is 276 g/mol. The van der Waals surface area contributed by atoms with Crippen molar-refractivity contribution < 1.29 is 9.53 Å². The lowest BCUT2D eigenvalue weighted by Gasteiger charge is -2.30. The Morgan fingerprint density at radius 3 is 2.95 bits per heavy atom. The van der Waals surface area contributed by atoms with Crippen molar-refractivity contribution in [1.29, 1.82) is 0 Å². The molecule has 122 valence electrons. The fourth-order valence-corrected chi connectivity index (χ4v) is 3.08. The molecule has 3 unspecified atom stereocenters. The molecule has 2 rings (SSSR count). The van der Waals surface area contributed by atoms with Crippen molar-refractivity contribution in [2.75, 3.05) is 20.2 Å². The van der Waals surface area contributed by atoms with Crippen LogP contribution in [0.4, 0.5) is 0 Å². The van der Waals surface area contributed by atoms with Crippen molar-refractivity contribution in [2.45, 2.75) is 39.2 Å². The van der Waals surface area contributed by atoms with Gasteiger partial charge in [-0.25, -0.2) is 0 Å². The van der Waals surface area contributed by atoms with Crippen molar-refractivity contribution in [3.8, 4) is 5.75 Å². The summed E-state index contributed by atoms with van der Waals surface area (Å²) in [6.07, 6.45) is 2.54. The molecule has 4 heteroatoms. The first-order chi connectivity index (χ1) is 10.6. The molecule has 3 atom stereocenters. The van der Waals surface area contributed by atoms with E-state index < -0.39 is 0 Å². The highest BCUT2D eigenvalue weighted by molar-refractivity contribution is 5.76. The molecule has 0 radical (unpaired) electrons. The molecule has 0 aromatic heterocycles. The smallest absolute Gasteiger partial charge is 0.220 e. The number of ether oxygens (including phenoxy) is 1. The van der Waals surface area contributed by atoms with Gasteiger partial charge in [-0.1, -0.05) is 32.0 Å². The first kappa shape index (κ1) is 16.8. The van der Waals surface area contributed by atoms with E-state index in [2.05, 4.69) is 30.5 Å². The molecular formula is C18H28N2O2. The summed E-state index contributed by atoms with van der Waals surface area (Å²) in [5, 5.41) is 6.53. The maximum absolute atomic E-state index is 12.2. The lowest BCUT2D eigenvalue weighted by Crippen LogP contribution is -2.50. The average Bonchev–Trinajstić information content (AvgIpc) is 2.50. The van der Waals surface area contributed by atoms with Crippen LogP contribution < -0.4 is 15.4 Å². The quantitative estimate of drug-likeness (QED) is 0.848. The van der Waals surface area contributed by atoms with Gasteiger partial charge in [0.1, 0.15) is 5.75 Å². The summed E-state index contributed by atoms with van der Waals surface area (Å²) in [7, 11) is 1.69. The van der Waals surface area contributed by atoms with E-state index in [0.29, 0.717) is 18.3 Å². The zero-order valence-electron chi connectivity index (χ0n) is 13.9. The standard InChI is InChI=1S/C18H28N2O2/c1-13(10-15-6-4-5-7-17(15)22-3)11-18(21)20-16-12-19-9-8-14(16)2/h4-7,13-14,16,19H,8-12H2,1-3H3,(H,20,21). The lowest BCUT2D eigenvalue weighted by molar-refractivity contribution is -0.123. The van der Waals surface area contributed by atoms with Crippen molar-refractivity contribution in [3.05, 3.63) is 29.8 Å². The summed E-state index contributed by atoms with van der Waals surface area (Å²) in [6, 6.07) is 8.29. The number of carbonyl (C=O) groups is 1. The Morgan fingerprint density at radius 1 is 1.45 bits per heavy atom. The zero-order chi connectivity index (χ0) is 15.9. The molecule has 1 aromatic carbocycles. The Kier molecular flexibility index (Phi) is 6.25. The Morgan fingerprint density at radius 2 is 2.23 bits per heavy atom. The molecule has 1 aliphatic rings. The van der Waals surface area contributed by atoms with Crippen LogP contribution in [0, 0.1) is 11.8 Å². The highest BCUT2D eigenvalue weighted by atomic mass is 16.5. The SMILES string of the molecule is COc1ccccc1CC(C)CC(=O)NC1CNCCC1C. The van der Waals surface area contributed by atoms with Crippen molar-refractivity contribution in [1.82, 2.24) is 10.6 Å². The van der Waals surface area contributed by atoms with E-state index in [1.54, 1.807) is 7.11 Å². The molecule has 1 aliphatic heterocycles. The van der Waals surface area contributed by atoms with E-state index >= 15 is 0 Å². The molecule has 1 fully saturated rings. The second-order valence-electron chi connectivity index (χ2n) is 6.47. The molecule has 0 spiro atoms. The van der Waals surface area contributed by atoms with E-state index in [-0.39, 0.29) is 11.9 Å². The predicted octanol–water partition coefficient (Wildman–Crippen LogP) is 2.38. The van der Waals surface area contributed by atoms with Gasteiger partial charge < -0.3 is 15.4 Å². The van der Waals surface area contributed by atoms with Crippen LogP contribution in [0.25, 0.3) is 0 Å². The number of benzene rings is 1. The van der Waals surface area contributed by atoms with Crippen molar-refractivity contribution in [2.24, 2.45) is 11.8 Å². The number of piperidine rings is 1. The number of methoxy groups -OCH3 is 1. The summed E-state index contributed by atoms with van der Waals surface area (Å²) < 4.78 is 5.38. The van der Waals surface area contributed by atoms with Crippen LogP contribution in [0.5, 0.6) is 5.75 Å². The monoisotopic (exact) mass is 304 g/mol. The van der Waals surface area contributed by atoms with Crippen LogP contribution in [-0.4, -0.2) is 32.1 Å². The van der Waals surface area contributed by atoms with Gasteiger partial charge in [0.2, 0.25) is 5.91 Å². The van der Waals surface area contributed by atoms with Gasteiger partial charge in [-0.3, -0.25) is 4.79 Å². The Hall–Kier alpha value is -1.55. The molecule has 1 heterocycles. The van der Waals surface area contributed by atoms with Gasteiger partial charge >= 0.3 is 0 Å². The minimum atomic E-state index is 0.156. The van der Waals surface area contributed by atoms with Gasteiger partial charge in [0.15, 0.2) is 0 Å². The third-order valence-electron chi connectivity index (χ3n) is 4.47. The molecule has 2 N–H and O–H groups in total. The van der Waals surface area contributed by atoms with Crippen LogP contribution >= 0.6 is 0 Å². The van der Waals surface area contributed by atoms with Gasteiger partial charge in [-0.15, -0.1) is 0 Å². The summed E-state index contributed by atoms with van der Waals surface area (Å²) in [5.41, 5.74) is 1.16. The Labute approximate surface area is 133 Å². The van der Waals surface area contributed by atoms with Crippen molar-refractivity contribution in [3.63, 3.8) is 0 Å². The van der Waals surface area contributed by atoms with Crippen LogP contribution in [-0.2, 0) is 11.2 Å². The van der Waals surface area contributed by atoms with Gasteiger partial charge in [0.05, 0.1) is 7.11 Å². The second kappa shape index (κ2) is 8.18. The fourth-order valence-electron chi connectivity index (χ4n) is 3.08. The first-order valence-electron chi connectivity index (χ1n) is 8.22. The van der Waals surface area contributed by atoms with Crippen LogP contribution in [0.15, 0.2) is 24.3 Å². The first-order valence-corrected chi connectivity index (χ1v) is 8.22. The molecule has 22 heavy (non-hydrogen) atoms. The normalized spacial score (nSPS) is 22.9. The third-order valence-corrected chi connectivity index (χ3v) is 4.47. The highest BCUT2D eigenvalue weighted by Gasteiger charge is 2.23. The minimum absolute atomic E-state index is 0.156. The zero-order valence-corrected chi connectivity index (χ0v) is 13.9. The van der Waals surface area contributed by atoms with E-state index in [4.69, 9.17) is 4.74 Å². The average molecular weight is 304 g/mol. The number of nitrogens with one attached hydrogen (secondary N) is 2. The van der Waals surface area contributed by atoms with Gasteiger partial charge in [-0.2, -0.15) is 0 Å². The fraction of sp³-hybridized carbons (Fsp3) is 0.611. The topological polar surface area (TPSA) is 50.4 Å². The van der Waals surface area contributed by atoms with Gasteiger partial charge in [0.25, 0.3) is 0 Å². The molecule has 1 aromatic rings. The summed E-state index contributed by atoms with van der Waals surface area (Å²) in [6.45, 7) is 6.27. The van der Waals surface area contributed by atoms with E-state index in [1.807, 2.05) is 18.2 Å². The van der Waals surface area contributed by atoms with E-state index in [9.17, 15) is 4.79 Å². The van der Waals surface area contributed by atoms with Crippen LogP contribution in [0.3, 0.4) is 0 Å². The maximum atomic E-state index is 12.2. The second-order valence-corrected chi connectivity index (χ2v) is 6.47. The van der Waals surface area contributed by atoms with E-state index in [1.165, 1.54) is 0 Å². The molecule has 0 bridgehead atoms. The Bertz CT molecular complexity index is 490. The minimum Gasteiger partial charge on any atom is -0.496 e. The van der Waals surface area contributed by atoms with E-state index in [0.717, 1.165) is 37.2 Å². The molecule has 1 saturated heterocycles. The summed E-state index contributed by atoms with van der Waals surface area (Å²) >= 11 is 0. The summed E-state index contributed by atoms with van der Waals surface area (Å²) in [5.74, 6) is 1.90. The van der Waals surface area contributed by atoms with Gasteiger partial charge in [0, 0.05) is 19.0 Å². The largest absolute Gasteiger partial charge is 0.496 e. The highest BCUT2D eigenvalue weighted by Crippen LogP contribution is 2.22. The van der Waals surface area contributed by atoms with Crippen molar-refractivity contribution >= 4 is 5.91 Å². The molecule has 0 saturated carbocycles.